The van der Waals surface area contributed by atoms with E-state index in [-0.39, 0.29) is 12.5 Å². The maximum atomic E-state index is 12.7. The van der Waals surface area contributed by atoms with Crippen LogP contribution in [0.1, 0.15) is 24.6 Å². The lowest BCUT2D eigenvalue weighted by Gasteiger charge is -2.16. The van der Waals surface area contributed by atoms with Crippen LogP contribution in [-0.4, -0.2) is 29.0 Å². The average Bonchev–Trinajstić information content (AvgIpc) is 2.36. The van der Waals surface area contributed by atoms with Gasteiger partial charge in [-0.3, -0.25) is 0 Å². The maximum absolute atomic E-state index is 12.7. The number of alkyl halides is 4. The third kappa shape index (κ3) is 4.66. The van der Waals surface area contributed by atoms with E-state index in [1.807, 2.05) is 6.92 Å². The maximum Gasteiger partial charge on any atom is 0.340 e. The first-order chi connectivity index (χ1) is 8.89. The number of halogens is 4. The summed E-state index contributed by atoms with van der Waals surface area (Å²) < 4.78 is 54.0. The second kappa shape index (κ2) is 6.70. The number of aryl methyl sites for hydroxylation is 1. The predicted octanol–water partition coefficient (Wildman–Crippen LogP) is 2.81. The standard InChI is InChI=1S/C12H15F4NO2/c1-2-3-9-4-8(6-18)5-10(17-9)19-7-12(15,16)11(13)14/h4-5,11,18H,2-3,6-7H2,1H3. The smallest absolute Gasteiger partial charge is 0.340 e. The fraction of sp³-hybridized carbons (Fsp3) is 0.583. The first-order valence-electron chi connectivity index (χ1n) is 5.78. The Morgan fingerprint density at radius 1 is 1.37 bits per heavy atom. The molecule has 1 heterocycles. The molecule has 1 rings (SSSR count). The van der Waals surface area contributed by atoms with Gasteiger partial charge in [0.2, 0.25) is 5.88 Å². The lowest BCUT2D eigenvalue weighted by atomic mass is 10.2. The van der Waals surface area contributed by atoms with Gasteiger partial charge in [0.15, 0.2) is 6.61 Å². The fourth-order valence-corrected chi connectivity index (χ4v) is 1.40. The minimum absolute atomic E-state index is 0.185. The van der Waals surface area contributed by atoms with Crippen LogP contribution in [0.15, 0.2) is 12.1 Å². The van der Waals surface area contributed by atoms with Crippen molar-refractivity contribution in [2.75, 3.05) is 6.61 Å². The molecule has 0 saturated carbocycles. The van der Waals surface area contributed by atoms with E-state index >= 15 is 0 Å². The molecule has 0 aliphatic carbocycles. The summed E-state index contributed by atoms with van der Waals surface area (Å²) >= 11 is 0. The van der Waals surface area contributed by atoms with E-state index in [0.717, 1.165) is 6.42 Å². The molecule has 0 saturated heterocycles. The topological polar surface area (TPSA) is 42.4 Å². The molecule has 1 aromatic heterocycles. The van der Waals surface area contributed by atoms with Gasteiger partial charge in [0.05, 0.1) is 6.61 Å². The van der Waals surface area contributed by atoms with E-state index in [2.05, 4.69) is 9.72 Å². The average molecular weight is 281 g/mol. The lowest BCUT2D eigenvalue weighted by molar-refractivity contribution is -0.148. The zero-order valence-electron chi connectivity index (χ0n) is 10.4. The van der Waals surface area contributed by atoms with Crippen molar-refractivity contribution in [1.82, 2.24) is 4.98 Å². The molecule has 0 aromatic carbocycles. The van der Waals surface area contributed by atoms with E-state index in [0.29, 0.717) is 17.7 Å². The quantitative estimate of drug-likeness (QED) is 0.781. The Balaban J connectivity index is 2.80. The molecular formula is C12H15F4NO2. The normalized spacial score (nSPS) is 11.9. The van der Waals surface area contributed by atoms with E-state index < -0.39 is 19.0 Å². The Hall–Kier alpha value is -1.37. The molecule has 0 radical (unpaired) electrons. The van der Waals surface area contributed by atoms with Gasteiger partial charge in [0.1, 0.15) is 0 Å². The van der Waals surface area contributed by atoms with Gasteiger partial charge in [-0.25, -0.2) is 13.8 Å². The summed E-state index contributed by atoms with van der Waals surface area (Å²) in [6.07, 6.45) is -2.44. The Morgan fingerprint density at radius 3 is 2.58 bits per heavy atom. The van der Waals surface area contributed by atoms with Crippen LogP contribution >= 0.6 is 0 Å². The van der Waals surface area contributed by atoms with Gasteiger partial charge >= 0.3 is 12.3 Å². The van der Waals surface area contributed by atoms with Crippen LogP contribution in [0.3, 0.4) is 0 Å². The Kier molecular flexibility index (Phi) is 5.53. The third-order valence-electron chi connectivity index (χ3n) is 2.34. The SMILES string of the molecule is CCCc1cc(CO)cc(OCC(F)(F)C(F)F)n1. The fourth-order valence-electron chi connectivity index (χ4n) is 1.40. The largest absolute Gasteiger partial charge is 0.471 e. The third-order valence-corrected chi connectivity index (χ3v) is 2.34. The first kappa shape index (κ1) is 15.7. The zero-order chi connectivity index (χ0) is 14.5. The number of aromatic nitrogens is 1. The van der Waals surface area contributed by atoms with Gasteiger partial charge in [-0.1, -0.05) is 13.3 Å². The molecule has 1 aromatic rings. The van der Waals surface area contributed by atoms with Crippen LogP contribution < -0.4 is 4.74 Å². The molecule has 0 bridgehead atoms. The molecule has 0 spiro atoms. The Labute approximate surface area is 108 Å². The van der Waals surface area contributed by atoms with Crippen molar-refractivity contribution in [2.45, 2.75) is 38.7 Å². The summed E-state index contributed by atoms with van der Waals surface area (Å²) in [4.78, 5) is 3.92. The van der Waals surface area contributed by atoms with Crippen molar-refractivity contribution >= 4 is 0 Å². The van der Waals surface area contributed by atoms with E-state index in [1.165, 1.54) is 6.07 Å². The number of hydrogen-bond acceptors (Lipinski definition) is 3. The van der Waals surface area contributed by atoms with Crippen molar-refractivity contribution in [3.8, 4) is 5.88 Å². The summed E-state index contributed by atoms with van der Waals surface area (Å²) in [7, 11) is 0. The van der Waals surface area contributed by atoms with E-state index in [4.69, 9.17) is 5.11 Å². The Bertz CT molecular complexity index is 413. The van der Waals surface area contributed by atoms with Crippen molar-refractivity contribution < 1.29 is 27.4 Å². The molecule has 0 aliphatic rings. The van der Waals surface area contributed by atoms with Crippen molar-refractivity contribution in [2.24, 2.45) is 0 Å². The van der Waals surface area contributed by atoms with Crippen molar-refractivity contribution in [3.05, 3.63) is 23.4 Å². The number of hydrogen-bond donors (Lipinski definition) is 1. The Morgan fingerprint density at radius 2 is 2.05 bits per heavy atom. The van der Waals surface area contributed by atoms with Gasteiger partial charge in [-0.15, -0.1) is 0 Å². The van der Waals surface area contributed by atoms with Crippen LogP contribution in [0.4, 0.5) is 17.6 Å². The molecule has 0 atom stereocenters. The molecule has 0 amide bonds. The number of aliphatic hydroxyl groups excluding tert-OH is 1. The van der Waals surface area contributed by atoms with Crippen LogP contribution in [0.2, 0.25) is 0 Å². The van der Waals surface area contributed by atoms with Crippen LogP contribution in [0.5, 0.6) is 5.88 Å². The molecule has 1 N–H and O–H groups in total. The number of aliphatic hydroxyl groups is 1. The van der Waals surface area contributed by atoms with Crippen molar-refractivity contribution in [1.29, 1.82) is 0 Å². The zero-order valence-corrected chi connectivity index (χ0v) is 10.4. The molecule has 0 unspecified atom stereocenters. The van der Waals surface area contributed by atoms with E-state index in [1.54, 1.807) is 6.07 Å². The predicted molar refractivity (Wildman–Crippen MR) is 60.6 cm³/mol. The minimum atomic E-state index is -4.22. The summed E-state index contributed by atoms with van der Waals surface area (Å²) in [5.74, 6) is -4.41. The van der Waals surface area contributed by atoms with E-state index in [9.17, 15) is 17.6 Å². The van der Waals surface area contributed by atoms with Gasteiger partial charge in [-0.2, -0.15) is 8.78 Å². The van der Waals surface area contributed by atoms with Crippen LogP contribution in [-0.2, 0) is 13.0 Å². The van der Waals surface area contributed by atoms with Gasteiger partial charge in [0.25, 0.3) is 0 Å². The number of pyridine rings is 1. The van der Waals surface area contributed by atoms with Gasteiger partial charge in [0, 0.05) is 11.8 Å². The highest BCUT2D eigenvalue weighted by Gasteiger charge is 2.41. The highest BCUT2D eigenvalue weighted by molar-refractivity contribution is 5.25. The summed E-state index contributed by atoms with van der Waals surface area (Å²) in [5.41, 5.74) is 0.998. The summed E-state index contributed by atoms with van der Waals surface area (Å²) in [6, 6.07) is 2.86. The second-order valence-electron chi connectivity index (χ2n) is 4.06. The van der Waals surface area contributed by atoms with Crippen LogP contribution in [0.25, 0.3) is 0 Å². The monoisotopic (exact) mass is 281 g/mol. The molecule has 3 nitrogen and oxygen atoms in total. The highest BCUT2D eigenvalue weighted by Crippen LogP contribution is 2.24. The lowest BCUT2D eigenvalue weighted by Crippen LogP contribution is -2.34. The van der Waals surface area contributed by atoms with Crippen LogP contribution in [0, 0.1) is 0 Å². The van der Waals surface area contributed by atoms with Gasteiger partial charge < -0.3 is 9.84 Å². The molecule has 0 aliphatic heterocycles. The number of nitrogens with zero attached hydrogens (tertiary/aromatic N) is 1. The molecule has 0 fully saturated rings. The number of rotatable bonds is 7. The minimum Gasteiger partial charge on any atom is -0.471 e. The summed E-state index contributed by atoms with van der Waals surface area (Å²) in [5, 5.41) is 9.02. The highest BCUT2D eigenvalue weighted by atomic mass is 19.3. The molecular weight excluding hydrogens is 266 g/mol. The second-order valence-corrected chi connectivity index (χ2v) is 4.06. The molecule has 7 heteroatoms. The van der Waals surface area contributed by atoms with Crippen molar-refractivity contribution in [3.63, 3.8) is 0 Å². The summed E-state index contributed by atoms with van der Waals surface area (Å²) in [6.45, 7) is 0.151. The number of ether oxygens (including phenoxy) is 1. The molecule has 19 heavy (non-hydrogen) atoms. The first-order valence-corrected chi connectivity index (χ1v) is 5.78. The molecule has 108 valence electrons. The van der Waals surface area contributed by atoms with Gasteiger partial charge in [-0.05, 0) is 18.1 Å².